The molecule has 7 nitrogen and oxygen atoms in total. The van der Waals surface area contributed by atoms with E-state index in [9.17, 15) is 14.4 Å². The Morgan fingerprint density at radius 2 is 1.84 bits per heavy atom. The Balaban J connectivity index is 1.45. The third kappa shape index (κ3) is 4.03. The second-order valence-corrected chi connectivity index (χ2v) is 7.18. The van der Waals surface area contributed by atoms with E-state index in [2.05, 4.69) is 5.32 Å². The highest BCUT2D eigenvalue weighted by Gasteiger charge is 2.49. The molecule has 0 bridgehead atoms. The number of nitrogens with zero attached hydrogens (tertiary/aromatic N) is 2. The van der Waals surface area contributed by atoms with E-state index in [-0.39, 0.29) is 29.6 Å². The summed E-state index contributed by atoms with van der Waals surface area (Å²) in [5, 5.41) is 2.90. The van der Waals surface area contributed by atoms with Gasteiger partial charge in [0.1, 0.15) is 0 Å². The van der Waals surface area contributed by atoms with Gasteiger partial charge >= 0.3 is 0 Å². The average molecular weight is 347 g/mol. The topological polar surface area (TPSA) is 82.9 Å². The lowest BCUT2D eigenvalue weighted by molar-refractivity contribution is -0.136. The Morgan fingerprint density at radius 1 is 1.16 bits per heavy atom. The summed E-state index contributed by atoms with van der Waals surface area (Å²) < 4.78 is 5.13. The number of hydrogen-bond acceptors (Lipinski definition) is 4. The van der Waals surface area contributed by atoms with Crippen LogP contribution in [0.15, 0.2) is 22.8 Å². The fourth-order valence-electron chi connectivity index (χ4n) is 3.11. The van der Waals surface area contributed by atoms with Crippen LogP contribution in [0.4, 0.5) is 0 Å². The number of furan rings is 1. The Kier molecular flexibility index (Phi) is 5.11. The molecular formula is C18H25N3O4. The number of hydrogen-bond donors (Lipinski definition) is 1. The van der Waals surface area contributed by atoms with Crippen molar-refractivity contribution in [2.24, 2.45) is 17.8 Å². The van der Waals surface area contributed by atoms with Crippen LogP contribution in [0, 0.1) is 17.8 Å². The largest absolute Gasteiger partial charge is 0.459 e. The summed E-state index contributed by atoms with van der Waals surface area (Å²) in [6, 6.07) is 3.33. The summed E-state index contributed by atoms with van der Waals surface area (Å²) in [6.45, 7) is 6.71. The van der Waals surface area contributed by atoms with Crippen molar-refractivity contribution in [2.75, 3.05) is 32.7 Å². The van der Waals surface area contributed by atoms with E-state index in [4.69, 9.17) is 4.42 Å². The SMILES string of the molecule is CC(C)CNC(=O)C1CC1C(=O)N1CCN(C(=O)c2ccco2)CC1. The molecule has 2 fully saturated rings. The van der Waals surface area contributed by atoms with E-state index in [1.165, 1.54) is 6.26 Å². The van der Waals surface area contributed by atoms with Crippen LogP contribution in [0.3, 0.4) is 0 Å². The maximum Gasteiger partial charge on any atom is 0.289 e. The second-order valence-electron chi connectivity index (χ2n) is 7.18. The van der Waals surface area contributed by atoms with Gasteiger partial charge in [-0.2, -0.15) is 0 Å². The second kappa shape index (κ2) is 7.29. The molecular weight excluding hydrogens is 322 g/mol. The van der Waals surface area contributed by atoms with E-state index in [0.717, 1.165) is 0 Å². The van der Waals surface area contributed by atoms with Crippen molar-refractivity contribution in [1.82, 2.24) is 15.1 Å². The molecule has 2 unspecified atom stereocenters. The normalized spacial score (nSPS) is 22.8. The highest BCUT2D eigenvalue weighted by molar-refractivity contribution is 5.93. The Labute approximate surface area is 147 Å². The van der Waals surface area contributed by atoms with Crippen LogP contribution in [-0.2, 0) is 9.59 Å². The summed E-state index contributed by atoms with van der Waals surface area (Å²) in [7, 11) is 0. The van der Waals surface area contributed by atoms with Crippen LogP contribution in [0.1, 0.15) is 30.8 Å². The molecule has 0 spiro atoms. The number of carbonyl (C=O) groups excluding carboxylic acids is 3. The quantitative estimate of drug-likeness (QED) is 0.860. The van der Waals surface area contributed by atoms with Gasteiger partial charge in [0.15, 0.2) is 5.76 Å². The van der Waals surface area contributed by atoms with Gasteiger partial charge in [0.05, 0.1) is 18.1 Å². The van der Waals surface area contributed by atoms with Gasteiger partial charge in [0.25, 0.3) is 5.91 Å². The molecule has 0 aromatic carbocycles. The first-order chi connectivity index (χ1) is 12.0. The first-order valence-electron chi connectivity index (χ1n) is 8.86. The van der Waals surface area contributed by atoms with Gasteiger partial charge in [0, 0.05) is 32.7 Å². The van der Waals surface area contributed by atoms with Crippen LogP contribution in [0.2, 0.25) is 0 Å². The zero-order chi connectivity index (χ0) is 18.0. The maximum absolute atomic E-state index is 12.5. The molecule has 1 aliphatic carbocycles. The molecule has 1 N–H and O–H groups in total. The lowest BCUT2D eigenvalue weighted by Gasteiger charge is -2.34. The van der Waals surface area contributed by atoms with Gasteiger partial charge in [-0.15, -0.1) is 0 Å². The third-order valence-electron chi connectivity index (χ3n) is 4.74. The van der Waals surface area contributed by atoms with E-state index in [1.54, 1.807) is 21.9 Å². The minimum Gasteiger partial charge on any atom is -0.459 e. The van der Waals surface area contributed by atoms with Gasteiger partial charge in [0.2, 0.25) is 11.8 Å². The number of rotatable bonds is 5. The van der Waals surface area contributed by atoms with Gasteiger partial charge in [-0.25, -0.2) is 0 Å². The van der Waals surface area contributed by atoms with E-state index >= 15 is 0 Å². The van der Waals surface area contributed by atoms with E-state index < -0.39 is 0 Å². The van der Waals surface area contributed by atoms with Crippen molar-refractivity contribution >= 4 is 17.7 Å². The molecule has 1 aromatic heterocycles. The van der Waals surface area contributed by atoms with Crippen molar-refractivity contribution < 1.29 is 18.8 Å². The fourth-order valence-corrected chi connectivity index (χ4v) is 3.11. The summed E-state index contributed by atoms with van der Waals surface area (Å²) in [6.07, 6.45) is 2.11. The smallest absolute Gasteiger partial charge is 0.289 e. The molecule has 2 atom stereocenters. The van der Waals surface area contributed by atoms with Crippen LogP contribution < -0.4 is 5.32 Å². The first-order valence-corrected chi connectivity index (χ1v) is 8.86. The van der Waals surface area contributed by atoms with E-state index in [1.807, 2.05) is 13.8 Å². The minimum atomic E-state index is -0.195. The minimum absolute atomic E-state index is 0.0151. The zero-order valence-electron chi connectivity index (χ0n) is 14.7. The van der Waals surface area contributed by atoms with Gasteiger partial charge < -0.3 is 19.5 Å². The number of nitrogens with one attached hydrogen (secondary N) is 1. The number of amides is 3. The lowest BCUT2D eigenvalue weighted by atomic mass is 10.2. The highest BCUT2D eigenvalue weighted by atomic mass is 16.3. The molecule has 7 heteroatoms. The lowest BCUT2D eigenvalue weighted by Crippen LogP contribution is -2.51. The van der Waals surface area contributed by atoms with Gasteiger partial charge in [-0.1, -0.05) is 13.8 Å². The van der Waals surface area contributed by atoms with Crippen LogP contribution in [-0.4, -0.2) is 60.2 Å². The standard InChI is InChI=1S/C18H25N3O4/c1-12(2)11-19-16(22)13-10-14(13)17(23)20-5-7-21(8-6-20)18(24)15-4-3-9-25-15/h3-4,9,12-14H,5-8,10-11H2,1-2H3,(H,19,22). The first kappa shape index (κ1) is 17.5. The molecule has 136 valence electrons. The van der Waals surface area contributed by atoms with Crippen molar-refractivity contribution in [3.8, 4) is 0 Å². The monoisotopic (exact) mass is 347 g/mol. The van der Waals surface area contributed by atoms with Crippen LogP contribution in [0.25, 0.3) is 0 Å². The van der Waals surface area contributed by atoms with Crippen LogP contribution in [0.5, 0.6) is 0 Å². The Hall–Kier alpha value is -2.31. The molecule has 2 aliphatic rings. The molecule has 25 heavy (non-hydrogen) atoms. The Morgan fingerprint density at radius 3 is 2.44 bits per heavy atom. The Bertz CT molecular complexity index is 633. The molecule has 1 saturated carbocycles. The van der Waals surface area contributed by atoms with Crippen molar-refractivity contribution in [3.63, 3.8) is 0 Å². The predicted molar refractivity (Wildman–Crippen MR) is 90.6 cm³/mol. The maximum atomic E-state index is 12.5. The number of piperazine rings is 1. The average Bonchev–Trinajstić information content (AvgIpc) is 3.23. The summed E-state index contributed by atoms with van der Waals surface area (Å²) in [5.74, 6) is 0.219. The van der Waals surface area contributed by atoms with Crippen molar-refractivity contribution in [1.29, 1.82) is 0 Å². The third-order valence-corrected chi connectivity index (χ3v) is 4.74. The summed E-state index contributed by atoms with van der Waals surface area (Å²) in [4.78, 5) is 40.3. The number of carbonyl (C=O) groups is 3. The molecule has 3 amide bonds. The predicted octanol–water partition coefficient (Wildman–Crippen LogP) is 0.972. The van der Waals surface area contributed by atoms with Crippen molar-refractivity contribution in [2.45, 2.75) is 20.3 Å². The van der Waals surface area contributed by atoms with Gasteiger partial charge in [-0.3, -0.25) is 14.4 Å². The zero-order valence-corrected chi connectivity index (χ0v) is 14.7. The van der Waals surface area contributed by atoms with Crippen LogP contribution >= 0.6 is 0 Å². The highest BCUT2D eigenvalue weighted by Crippen LogP contribution is 2.40. The molecule has 1 saturated heterocycles. The van der Waals surface area contributed by atoms with E-state index in [0.29, 0.717) is 50.8 Å². The van der Waals surface area contributed by atoms with Gasteiger partial charge in [-0.05, 0) is 24.5 Å². The summed E-state index contributed by atoms with van der Waals surface area (Å²) in [5.41, 5.74) is 0. The van der Waals surface area contributed by atoms with Crippen molar-refractivity contribution in [3.05, 3.63) is 24.2 Å². The molecule has 0 radical (unpaired) electrons. The molecule has 3 rings (SSSR count). The summed E-state index contributed by atoms with van der Waals surface area (Å²) >= 11 is 0. The molecule has 1 aliphatic heterocycles. The molecule has 2 heterocycles. The molecule has 1 aromatic rings. The fraction of sp³-hybridized carbons (Fsp3) is 0.611.